The quantitative estimate of drug-likeness (QED) is 0.482. The van der Waals surface area contributed by atoms with Crippen LogP contribution in [-0.4, -0.2) is 26.5 Å². The molecular formula is C23H19Cl2N3O3S. The van der Waals surface area contributed by atoms with Gasteiger partial charge in [-0.3, -0.25) is 19.3 Å². The minimum atomic E-state index is -0.459. The van der Waals surface area contributed by atoms with Gasteiger partial charge in [0.1, 0.15) is 6.54 Å². The number of rotatable bonds is 6. The summed E-state index contributed by atoms with van der Waals surface area (Å²) < 4.78 is 1.79. The number of aromatic nitrogens is 1. The average Bonchev–Trinajstić information content (AvgIpc) is 3.21. The van der Waals surface area contributed by atoms with Gasteiger partial charge in [0, 0.05) is 27.2 Å². The zero-order valence-electron chi connectivity index (χ0n) is 17.1. The largest absolute Gasteiger partial charge is 0.368 e. The predicted molar refractivity (Wildman–Crippen MR) is 128 cm³/mol. The monoisotopic (exact) mass is 487 g/mol. The average molecular weight is 488 g/mol. The van der Waals surface area contributed by atoms with Gasteiger partial charge in [-0.05, 0) is 47.5 Å². The van der Waals surface area contributed by atoms with Crippen LogP contribution in [0.5, 0.6) is 0 Å². The lowest BCUT2D eigenvalue weighted by Crippen LogP contribution is -2.27. The summed E-state index contributed by atoms with van der Waals surface area (Å²) in [5.41, 5.74) is 8.76. The first-order valence-electron chi connectivity index (χ1n) is 9.86. The summed E-state index contributed by atoms with van der Waals surface area (Å²) in [6.45, 7) is 2.11. The van der Waals surface area contributed by atoms with E-state index in [1.807, 2.05) is 25.1 Å². The molecule has 3 aromatic rings. The number of halogens is 2. The Morgan fingerprint density at radius 3 is 2.62 bits per heavy atom. The van der Waals surface area contributed by atoms with Gasteiger partial charge in [-0.2, -0.15) is 0 Å². The van der Waals surface area contributed by atoms with Gasteiger partial charge in [0.05, 0.1) is 17.0 Å². The van der Waals surface area contributed by atoms with Gasteiger partial charge in [0.15, 0.2) is 0 Å². The molecule has 2 aromatic carbocycles. The molecule has 0 spiro atoms. The van der Waals surface area contributed by atoms with Crippen LogP contribution in [0, 0.1) is 0 Å². The number of aryl methyl sites for hydroxylation is 1. The van der Waals surface area contributed by atoms with E-state index in [2.05, 4.69) is 0 Å². The van der Waals surface area contributed by atoms with Crippen LogP contribution >= 0.6 is 35.0 Å². The minimum Gasteiger partial charge on any atom is -0.368 e. The van der Waals surface area contributed by atoms with Gasteiger partial charge in [0.2, 0.25) is 5.91 Å². The summed E-state index contributed by atoms with van der Waals surface area (Å²) in [4.78, 5) is 38.6. The molecule has 1 aliphatic heterocycles. The van der Waals surface area contributed by atoms with Crippen molar-refractivity contribution in [1.82, 2.24) is 9.47 Å². The van der Waals surface area contributed by atoms with Crippen LogP contribution in [0.3, 0.4) is 0 Å². The number of thioether (sulfide) groups is 1. The van der Waals surface area contributed by atoms with Crippen molar-refractivity contribution < 1.29 is 14.4 Å². The Balaban J connectivity index is 1.70. The summed E-state index contributed by atoms with van der Waals surface area (Å²) in [5, 5.41) is 1.38. The summed E-state index contributed by atoms with van der Waals surface area (Å²) in [7, 11) is 0. The predicted octanol–water partition coefficient (Wildman–Crippen LogP) is 5.23. The van der Waals surface area contributed by atoms with E-state index in [9.17, 15) is 14.4 Å². The molecule has 3 amide bonds. The van der Waals surface area contributed by atoms with E-state index in [4.69, 9.17) is 28.9 Å². The van der Waals surface area contributed by atoms with E-state index < -0.39 is 11.8 Å². The molecule has 0 bridgehead atoms. The van der Waals surface area contributed by atoms with Gasteiger partial charge < -0.3 is 10.3 Å². The second-order valence-corrected chi connectivity index (χ2v) is 9.19. The standard InChI is InChI=1S/C23H19Cl2N3O3S/c1-2-13-4-3-5-17-15(10-27(21(13)17)12-20(26)29)8-19-22(30)28(23(31)32-19)11-14-6-7-16(24)9-18(14)25/h3-10H,2,11-12H2,1H3,(H2,26,29)/b19-8-. The lowest BCUT2D eigenvalue weighted by atomic mass is 10.1. The Morgan fingerprint density at radius 2 is 1.94 bits per heavy atom. The number of imide groups is 1. The van der Waals surface area contributed by atoms with Crippen molar-refractivity contribution in [1.29, 1.82) is 0 Å². The van der Waals surface area contributed by atoms with Crippen LogP contribution < -0.4 is 5.73 Å². The SMILES string of the molecule is CCc1cccc2c(/C=C3\SC(=O)N(Cc4ccc(Cl)cc4Cl)C3=O)cn(CC(N)=O)c12. The van der Waals surface area contributed by atoms with E-state index >= 15 is 0 Å². The van der Waals surface area contributed by atoms with Gasteiger partial charge in [0.25, 0.3) is 11.1 Å². The van der Waals surface area contributed by atoms with Gasteiger partial charge in [-0.1, -0.05) is 54.4 Å². The molecule has 0 unspecified atom stereocenters. The molecule has 6 nitrogen and oxygen atoms in total. The van der Waals surface area contributed by atoms with Crippen molar-refractivity contribution in [2.24, 2.45) is 5.73 Å². The van der Waals surface area contributed by atoms with Crippen LogP contribution in [-0.2, 0) is 29.1 Å². The highest BCUT2D eigenvalue weighted by Gasteiger charge is 2.35. The molecule has 0 atom stereocenters. The van der Waals surface area contributed by atoms with Gasteiger partial charge in [-0.15, -0.1) is 0 Å². The second kappa shape index (κ2) is 9.02. The Kier molecular flexibility index (Phi) is 6.33. The summed E-state index contributed by atoms with van der Waals surface area (Å²) in [5.74, 6) is -0.854. The van der Waals surface area contributed by atoms with Crippen LogP contribution in [0.25, 0.3) is 17.0 Å². The number of nitrogens with two attached hydrogens (primary N) is 1. The molecule has 9 heteroatoms. The summed E-state index contributed by atoms with van der Waals surface area (Å²) >= 11 is 13.0. The molecule has 164 valence electrons. The van der Waals surface area contributed by atoms with Gasteiger partial charge >= 0.3 is 0 Å². The third kappa shape index (κ3) is 4.28. The molecule has 0 radical (unpaired) electrons. The second-order valence-electron chi connectivity index (χ2n) is 7.35. The third-order valence-corrected chi connectivity index (χ3v) is 6.72. The van der Waals surface area contributed by atoms with Crippen LogP contribution in [0.2, 0.25) is 10.0 Å². The molecule has 32 heavy (non-hydrogen) atoms. The highest BCUT2D eigenvalue weighted by atomic mass is 35.5. The number of amides is 3. The fraction of sp³-hybridized carbons (Fsp3) is 0.174. The molecule has 0 aliphatic carbocycles. The van der Waals surface area contributed by atoms with Crippen molar-refractivity contribution in [2.75, 3.05) is 0 Å². The maximum atomic E-state index is 13.0. The first kappa shape index (κ1) is 22.5. The lowest BCUT2D eigenvalue weighted by molar-refractivity contribution is -0.123. The molecule has 1 aromatic heterocycles. The number of para-hydroxylation sites is 1. The molecule has 0 saturated carbocycles. The zero-order chi connectivity index (χ0) is 23.0. The number of nitrogens with zero attached hydrogens (tertiary/aromatic N) is 2. The molecule has 1 saturated heterocycles. The third-order valence-electron chi connectivity index (χ3n) is 5.22. The van der Waals surface area contributed by atoms with Crippen molar-refractivity contribution >= 4 is 69.0 Å². The molecule has 2 N–H and O–H groups in total. The number of hydrogen-bond acceptors (Lipinski definition) is 4. The van der Waals surface area contributed by atoms with Crippen molar-refractivity contribution in [2.45, 2.75) is 26.4 Å². The summed E-state index contributed by atoms with van der Waals surface area (Å²) in [6, 6.07) is 10.8. The topological polar surface area (TPSA) is 85.4 Å². The van der Waals surface area contributed by atoms with Crippen LogP contribution in [0.4, 0.5) is 4.79 Å². The van der Waals surface area contributed by atoms with Gasteiger partial charge in [-0.25, -0.2) is 0 Å². The fourth-order valence-electron chi connectivity index (χ4n) is 3.76. The van der Waals surface area contributed by atoms with E-state index in [1.54, 1.807) is 35.0 Å². The highest BCUT2D eigenvalue weighted by molar-refractivity contribution is 8.18. The molecule has 1 fully saturated rings. The zero-order valence-corrected chi connectivity index (χ0v) is 19.4. The summed E-state index contributed by atoms with van der Waals surface area (Å²) in [6.07, 6.45) is 4.25. The van der Waals surface area contributed by atoms with E-state index in [0.29, 0.717) is 20.5 Å². The maximum absolute atomic E-state index is 13.0. The molecule has 4 rings (SSSR count). The van der Waals surface area contributed by atoms with Crippen molar-refractivity contribution in [3.63, 3.8) is 0 Å². The van der Waals surface area contributed by atoms with Crippen molar-refractivity contribution in [3.05, 3.63) is 74.2 Å². The lowest BCUT2D eigenvalue weighted by Gasteiger charge is -2.13. The smallest absolute Gasteiger partial charge is 0.293 e. The Bertz CT molecular complexity index is 1300. The number of primary amides is 1. The van der Waals surface area contributed by atoms with E-state index in [1.165, 1.54) is 0 Å². The first-order valence-corrected chi connectivity index (χ1v) is 11.4. The number of benzene rings is 2. The highest BCUT2D eigenvalue weighted by Crippen LogP contribution is 2.36. The Labute approximate surface area is 198 Å². The number of carbonyl (C=O) groups is 3. The van der Waals surface area contributed by atoms with Crippen LogP contribution in [0.1, 0.15) is 23.6 Å². The normalized spacial score (nSPS) is 15.3. The molecular weight excluding hydrogens is 469 g/mol. The number of fused-ring (bicyclic) bond motifs is 1. The first-order chi connectivity index (χ1) is 15.3. The molecule has 1 aliphatic rings. The number of hydrogen-bond donors (Lipinski definition) is 1. The molecule has 2 heterocycles. The van der Waals surface area contributed by atoms with E-state index in [0.717, 1.165) is 45.1 Å². The number of carbonyl (C=O) groups excluding carboxylic acids is 3. The Hall–Kier alpha value is -2.74. The Morgan fingerprint density at radius 1 is 1.16 bits per heavy atom. The van der Waals surface area contributed by atoms with Crippen LogP contribution in [0.15, 0.2) is 47.5 Å². The van der Waals surface area contributed by atoms with E-state index in [-0.39, 0.29) is 18.3 Å². The maximum Gasteiger partial charge on any atom is 0.293 e. The minimum absolute atomic E-state index is 0.0257. The van der Waals surface area contributed by atoms with Crippen molar-refractivity contribution in [3.8, 4) is 0 Å². The fourth-order valence-corrected chi connectivity index (χ4v) is 5.05.